The summed E-state index contributed by atoms with van der Waals surface area (Å²) in [5, 5.41) is 0. The van der Waals surface area contributed by atoms with Gasteiger partial charge in [-0.2, -0.15) is 0 Å². The van der Waals surface area contributed by atoms with Crippen molar-refractivity contribution in [1.82, 2.24) is 0 Å². The molecule has 168 valence electrons. The Labute approximate surface area is 202 Å². The molecule has 0 atom stereocenters. The van der Waals surface area contributed by atoms with Crippen LogP contribution in [0.5, 0.6) is 11.5 Å². The van der Waals surface area contributed by atoms with E-state index in [2.05, 4.69) is 97.8 Å². The van der Waals surface area contributed by atoms with Crippen LogP contribution in [0.4, 0.5) is 0 Å². The van der Waals surface area contributed by atoms with Crippen LogP contribution in [-0.2, 0) is 5.41 Å². The topological polar surface area (TPSA) is 18.5 Å². The van der Waals surface area contributed by atoms with E-state index in [9.17, 15) is 0 Å². The Kier molecular flexibility index (Phi) is 6.11. The maximum Gasteiger partial charge on any atom is 0.148 e. The first kappa shape index (κ1) is 21.9. The first-order chi connectivity index (χ1) is 16.8. The van der Waals surface area contributed by atoms with Gasteiger partial charge < -0.3 is 9.47 Å². The minimum Gasteiger partial charge on any atom is -0.494 e. The number of rotatable bonds is 8. The molecule has 34 heavy (non-hydrogen) atoms. The minimum atomic E-state index is -0.431. The summed E-state index contributed by atoms with van der Waals surface area (Å²) in [5.41, 5.74) is 7.09. The average molecular weight is 445 g/mol. The number of hydrogen-bond donors (Lipinski definition) is 0. The number of fused-ring (bicyclic) bond motifs is 3. The molecule has 0 amide bonds. The van der Waals surface area contributed by atoms with E-state index in [4.69, 9.17) is 15.9 Å². The van der Waals surface area contributed by atoms with Gasteiger partial charge in [0.1, 0.15) is 18.1 Å². The summed E-state index contributed by atoms with van der Waals surface area (Å²) in [4.78, 5) is 0. The van der Waals surface area contributed by atoms with Crippen LogP contribution in [0.2, 0.25) is 0 Å². The number of hydrogen-bond acceptors (Lipinski definition) is 2. The highest BCUT2D eigenvalue weighted by Crippen LogP contribution is 2.56. The highest BCUT2D eigenvalue weighted by molar-refractivity contribution is 5.86. The van der Waals surface area contributed by atoms with Crippen molar-refractivity contribution in [2.45, 2.75) is 25.2 Å². The molecule has 0 saturated carbocycles. The van der Waals surface area contributed by atoms with E-state index < -0.39 is 5.41 Å². The lowest BCUT2D eigenvalue weighted by atomic mass is 9.68. The second kappa shape index (κ2) is 9.49. The molecule has 0 aliphatic heterocycles. The van der Waals surface area contributed by atoms with Crippen LogP contribution in [0, 0.1) is 12.3 Å². The quantitative estimate of drug-likeness (QED) is 0.185. The second-order valence-corrected chi connectivity index (χ2v) is 8.58. The van der Waals surface area contributed by atoms with Gasteiger partial charge in [-0.25, -0.2) is 0 Å². The molecular weight excluding hydrogens is 416 g/mol. The van der Waals surface area contributed by atoms with Gasteiger partial charge in [-0.1, -0.05) is 92.1 Å². The van der Waals surface area contributed by atoms with Crippen molar-refractivity contribution in [3.63, 3.8) is 0 Å². The van der Waals surface area contributed by atoms with E-state index in [1.54, 1.807) is 0 Å². The molecule has 2 heteroatoms. The summed E-state index contributed by atoms with van der Waals surface area (Å²) in [6.07, 6.45) is 7.55. The van der Waals surface area contributed by atoms with E-state index in [-0.39, 0.29) is 6.61 Å². The second-order valence-electron chi connectivity index (χ2n) is 8.58. The van der Waals surface area contributed by atoms with Crippen molar-refractivity contribution in [3.8, 4) is 35.0 Å². The Bertz CT molecular complexity index is 1260. The molecule has 4 aromatic rings. The predicted octanol–water partition coefficient (Wildman–Crippen LogP) is 7.24. The van der Waals surface area contributed by atoms with Crippen molar-refractivity contribution in [2.24, 2.45) is 0 Å². The Morgan fingerprint density at radius 3 is 1.68 bits per heavy atom. The highest BCUT2D eigenvalue weighted by Gasteiger charge is 2.45. The van der Waals surface area contributed by atoms with Gasteiger partial charge in [0.15, 0.2) is 0 Å². The maximum atomic E-state index is 5.96. The number of ether oxygens (including phenoxy) is 2. The maximum absolute atomic E-state index is 5.96. The Balaban J connectivity index is 1.69. The van der Waals surface area contributed by atoms with Crippen molar-refractivity contribution >= 4 is 0 Å². The van der Waals surface area contributed by atoms with Gasteiger partial charge in [0.2, 0.25) is 0 Å². The molecule has 4 aromatic carbocycles. The highest BCUT2D eigenvalue weighted by atomic mass is 16.5. The number of benzene rings is 4. The van der Waals surface area contributed by atoms with E-state index in [0.29, 0.717) is 0 Å². The van der Waals surface area contributed by atoms with E-state index in [0.717, 1.165) is 30.9 Å². The summed E-state index contributed by atoms with van der Waals surface area (Å²) in [5.74, 6) is 4.22. The Morgan fingerprint density at radius 2 is 1.18 bits per heavy atom. The van der Waals surface area contributed by atoms with Gasteiger partial charge in [-0.3, -0.25) is 0 Å². The lowest BCUT2D eigenvalue weighted by molar-refractivity contribution is 0.309. The summed E-state index contributed by atoms with van der Waals surface area (Å²) in [7, 11) is 0. The molecule has 0 fully saturated rings. The van der Waals surface area contributed by atoms with Crippen LogP contribution < -0.4 is 9.47 Å². The third-order valence-corrected chi connectivity index (χ3v) is 6.62. The van der Waals surface area contributed by atoms with Crippen LogP contribution >= 0.6 is 0 Å². The first-order valence-electron chi connectivity index (χ1n) is 11.9. The molecule has 2 nitrogen and oxygen atoms in total. The molecule has 0 N–H and O–H groups in total. The number of unbranched alkanes of at least 4 members (excludes halogenated alkanes) is 1. The zero-order valence-corrected chi connectivity index (χ0v) is 19.5. The van der Waals surface area contributed by atoms with Crippen LogP contribution in [0.25, 0.3) is 11.1 Å². The van der Waals surface area contributed by atoms with Gasteiger partial charge in [-0.05, 0) is 64.1 Å². The first-order valence-corrected chi connectivity index (χ1v) is 11.9. The molecular formula is C32H28O2. The lowest BCUT2D eigenvalue weighted by Crippen LogP contribution is -2.28. The summed E-state index contributed by atoms with van der Waals surface area (Å²) in [6.45, 7) is 3.18. The van der Waals surface area contributed by atoms with E-state index in [1.165, 1.54) is 33.4 Å². The lowest BCUT2D eigenvalue weighted by Gasteiger charge is -2.34. The fraction of sp³-hybridized carbons (Fsp3) is 0.188. The van der Waals surface area contributed by atoms with Crippen molar-refractivity contribution in [3.05, 3.63) is 119 Å². The molecule has 0 spiro atoms. The monoisotopic (exact) mass is 444 g/mol. The third-order valence-electron chi connectivity index (χ3n) is 6.62. The summed E-state index contributed by atoms with van der Waals surface area (Å²) in [6, 6.07) is 34.4. The third kappa shape index (κ3) is 3.64. The zero-order chi connectivity index (χ0) is 23.4. The zero-order valence-electron chi connectivity index (χ0n) is 19.5. The SMILES string of the molecule is C#CCOc1ccc(C2(c3ccc(OCCCC)cc3)c3ccccc3-c3ccccc32)cc1. The molecule has 0 bridgehead atoms. The smallest absolute Gasteiger partial charge is 0.148 e. The summed E-state index contributed by atoms with van der Waals surface area (Å²) < 4.78 is 11.6. The molecule has 1 aliphatic carbocycles. The largest absolute Gasteiger partial charge is 0.494 e. The standard InChI is InChI=1S/C32H28O2/c1-3-5-23-34-27-20-16-25(17-21-27)32(24-14-18-26(19-15-24)33-22-4-2)30-12-8-6-10-28(30)29-11-7-9-13-31(29)32/h2,6-21H,3,5,22-23H2,1H3. The van der Waals surface area contributed by atoms with Crippen LogP contribution in [0.1, 0.15) is 42.0 Å². The normalized spacial score (nSPS) is 12.9. The Hall–Kier alpha value is -3.96. The van der Waals surface area contributed by atoms with E-state index in [1.807, 2.05) is 12.1 Å². The van der Waals surface area contributed by atoms with Crippen LogP contribution in [0.15, 0.2) is 97.1 Å². The van der Waals surface area contributed by atoms with Crippen LogP contribution in [0.3, 0.4) is 0 Å². The fourth-order valence-corrected chi connectivity index (χ4v) is 5.09. The van der Waals surface area contributed by atoms with E-state index >= 15 is 0 Å². The summed E-state index contributed by atoms with van der Waals surface area (Å²) >= 11 is 0. The average Bonchev–Trinajstić information content (AvgIpc) is 3.20. The van der Waals surface area contributed by atoms with Crippen LogP contribution in [-0.4, -0.2) is 13.2 Å². The molecule has 0 aromatic heterocycles. The van der Waals surface area contributed by atoms with Gasteiger partial charge in [-0.15, -0.1) is 6.42 Å². The molecule has 1 aliphatic rings. The molecule has 0 radical (unpaired) electrons. The van der Waals surface area contributed by atoms with Gasteiger partial charge in [0.25, 0.3) is 0 Å². The van der Waals surface area contributed by atoms with Crippen molar-refractivity contribution in [1.29, 1.82) is 0 Å². The fourth-order valence-electron chi connectivity index (χ4n) is 5.09. The van der Waals surface area contributed by atoms with Crippen molar-refractivity contribution in [2.75, 3.05) is 13.2 Å². The molecule has 5 rings (SSSR count). The molecule has 0 saturated heterocycles. The minimum absolute atomic E-state index is 0.260. The number of terminal acetylenes is 1. The Morgan fingerprint density at radius 1 is 0.676 bits per heavy atom. The van der Waals surface area contributed by atoms with Gasteiger partial charge >= 0.3 is 0 Å². The van der Waals surface area contributed by atoms with Crippen molar-refractivity contribution < 1.29 is 9.47 Å². The molecule has 0 heterocycles. The van der Waals surface area contributed by atoms with Gasteiger partial charge in [0.05, 0.1) is 12.0 Å². The predicted molar refractivity (Wildman–Crippen MR) is 138 cm³/mol. The van der Waals surface area contributed by atoms with Gasteiger partial charge in [0, 0.05) is 0 Å². The molecule has 0 unspecified atom stereocenters.